The summed E-state index contributed by atoms with van der Waals surface area (Å²) in [5.74, 6) is 0.336. The van der Waals surface area contributed by atoms with Crippen molar-refractivity contribution in [2.75, 3.05) is 11.1 Å². The van der Waals surface area contributed by atoms with Crippen molar-refractivity contribution < 1.29 is 13.9 Å². The van der Waals surface area contributed by atoms with E-state index in [9.17, 15) is 9.18 Å². The lowest BCUT2D eigenvalue weighted by Crippen LogP contribution is -2.16. The number of benzene rings is 1. The summed E-state index contributed by atoms with van der Waals surface area (Å²) in [6.07, 6.45) is 1.05. The summed E-state index contributed by atoms with van der Waals surface area (Å²) < 4.78 is 20.9. The van der Waals surface area contributed by atoms with Crippen molar-refractivity contribution in [1.82, 2.24) is 19.7 Å². The number of hydrogen-bond acceptors (Lipinski definition) is 6. The summed E-state index contributed by atoms with van der Waals surface area (Å²) in [4.78, 5) is 16.2. The third-order valence-corrected chi connectivity index (χ3v) is 5.55. The van der Waals surface area contributed by atoms with Gasteiger partial charge < -0.3 is 14.6 Å². The number of ether oxygens (including phenoxy) is 1. The molecule has 1 N–H and O–H groups in total. The van der Waals surface area contributed by atoms with E-state index in [2.05, 4.69) is 20.5 Å². The van der Waals surface area contributed by atoms with Gasteiger partial charge in [-0.25, -0.2) is 9.37 Å². The fourth-order valence-corrected chi connectivity index (χ4v) is 3.80. The lowest BCUT2D eigenvalue weighted by atomic mass is 10.3. The fourth-order valence-electron chi connectivity index (χ4n) is 2.61. The van der Waals surface area contributed by atoms with E-state index in [4.69, 9.17) is 27.9 Å². The first-order chi connectivity index (χ1) is 14.4. The van der Waals surface area contributed by atoms with Crippen molar-refractivity contribution in [3.8, 4) is 5.75 Å². The molecule has 3 aromatic rings. The number of anilines is 1. The second-order valence-corrected chi connectivity index (χ2v) is 7.81. The summed E-state index contributed by atoms with van der Waals surface area (Å²) in [6, 6.07) is 7.27. The molecule has 0 aliphatic carbocycles. The Morgan fingerprint density at radius 3 is 2.83 bits per heavy atom. The SMILES string of the molecule is CCn1c(SCC(=O)Nc2cccnc2Cl)nnc1C(C)Oc1ccc(F)cc1Cl. The molecule has 1 aromatic carbocycles. The molecular formula is C19H18Cl2FN5O2S. The summed E-state index contributed by atoms with van der Waals surface area (Å²) in [5.41, 5.74) is 0.445. The van der Waals surface area contributed by atoms with Crippen LogP contribution in [0.1, 0.15) is 25.8 Å². The zero-order valence-electron chi connectivity index (χ0n) is 16.1. The molecule has 7 nitrogen and oxygen atoms in total. The van der Waals surface area contributed by atoms with Gasteiger partial charge in [-0.15, -0.1) is 10.2 Å². The van der Waals surface area contributed by atoms with Crippen LogP contribution in [-0.2, 0) is 11.3 Å². The summed E-state index contributed by atoms with van der Waals surface area (Å²) in [5, 5.41) is 12.0. The molecule has 0 radical (unpaired) electrons. The molecule has 0 spiro atoms. The van der Waals surface area contributed by atoms with Gasteiger partial charge in [-0.2, -0.15) is 0 Å². The third kappa shape index (κ3) is 5.41. The van der Waals surface area contributed by atoms with E-state index in [1.165, 1.54) is 30.0 Å². The molecule has 1 unspecified atom stereocenters. The molecule has 0 bridgehead atoms. The number of hydrogen-bond donors (Lipinski definition) is 1. The van der Waals surface area contributed by atoms with Gasteiger partial charge in [0.05, 0.1) is 16.5 Å². The minimum absolute atomic E-state index is 0.113. The maximum absolute atomic E-state index is 13.2. The Kier molecular flexibility index (Phi) is 7.52. The van der Waals surface area contributed by atoms with Crippen LogP contribution in [0.5, 0.6) is 5.75 Å². The van der Waals surface area contributed by atoms with E-state index in [1.54, 1.807) is 25.3 Å². The van der Waals surface area contributed by atoms with Gasteiger partial charge in [0.25, 0.3) is 0 Å². The van der Waals surface area contributed by atoms with Gasteiger partial charge in [0.15, 0.2) is 22.2 Å². The average molecular weight is 470 g/mol. The quantitative estimate of drug-likeness (QED) is 0.368. The Morgan fingerprint density at radius 2 is 2.13 bits per heavy atom. The van der Waals surface area contributed by atoms with Gasteiger partial charge >= 0.3 is 0 Å². The van der Waals surface area contributed by atoms with Crippen LogP contribution in [-0.4, -0.2) is 31.4 Å². The van der Waals surface area contributed by atoms with Gasteiger partial charge in [-0.1, -0.05) is 35.0 Å². The second kappa shape index (κ2) is 10.1. The Hall–Kier alpha value is -2.36. The molecule has 1 amide bonds. The predicted molar refractivity (Wildman–Crippen MR) is 115 cm³/mol. The first-order valence-electron chi connectivity index (χ1n) is 8.97. The highest BCUT2D eigenvalue weighted by atomic mass is 35.5. The topological polar surface area (TPSA) is 81.9 Å². The van der Waals surface area contributed by atoms with E-state index in [0.717, 1.165) is 0 Å². The van der Waals surface area contributed by atoms with Gasteiger partial charge in [-0.3, -0.25) is 4.79 Å². The molecule has 0 saturated heterocycles. The van der Waals surface area contributed by atoms with Gasteiger partial charge in [0.2, 0.25) is 5.91 Å². The highest BCUT2D eigenvalue weighted by molar-refractivity contribution is 7.99. The lowest BCUT2D eigenvalue weighted by Gasteiger charge is -2.16. The zero-order chi connectivity index (χ0) is 21.7. The molecule has 2 heterocycles. The van der Waals surface area contributed by atoms with E-state index in [1.807, 2.05) is 11.5 Å². The van der Waals surface area contributed by atoms with Crippen LogP contribution in [0.4, 0.5) is 10.1 Å². The minimum Gasteiger partial charge on any atom is -0.481 e. The Labute approximate surface area is 187 Å². The van der Waals surface area contributed by atoms with Crippen molar-refractivity contribution >= 4 is 46.6 Å². The predicted octanol–water partition coefficient (Wildman–Crippen LogP) is 5.01. The van der Waals surface area contributed by atoms with Crippen molar-refractivity contribution in [3.05, 3.63) is 58.3 Å². The molecule has 0 aliphatic rings. The first-order valence-corrected chi connectivity index (χ1v) is 10.7. The van der Waals surface area contributed by atoms with Crippen molar-refractivity contribution in [1.29, 1.82) is 0 Å². The van der Waals surface area contributed by atoms with Crippen LogP contribution in [0.25, 0.3) is 0 Å². The molecular weight excluding hydrogens is 452 g/mol. The third-order valence-electron chi connectivity index (χ3n) is 3.99. The molecule has 158 valence electrons. The number of carbonyl (C=O) groups excluding carboxylic acids is 1. The highest BCUT2D eigenvalue weighted by Gasteiger charge is 2.20. The number of amides is 1. The van der Waals surface area contributed by atoms with Crippen molar-refractivity contribution in [3.63, 3.8) is 0 Å². The molecule has 30 heavy (non-hydrogen) atoms. The summed E-state index contributed by atoms with van der Waals surface area (Å²) in [6.45, 7) is 4.30. The molecule has 0 fully saturated rings. The smallest absolute Gasteiger partial charge is 0.234 e. The van der Waals surface area contributed by atoms with Crippen LogP contribution < -0.4 is 10.1 Å². The van der Waals surface area contributed by atoms with Crippen molar-refractivity contribution in [2.45, 2.75) is 31.7 Å². The van der Waals surface area contributed by atoms with Crippen LogP contribution in [0.2, 0.25) is 10.2 Å². The zero-order valence-corrected chi connectivity index (χ0v) is 18.4. The molecule has 0 saturated carbocycles. The van der Waals surface area contributed by atoms with E-state index in [-0.39, 0.29) is 21.8 Å². The molecule has 1 atom stereocenters. The van der Waals surface area contributed by atoms with Gasteiger partial charge in [0, 0.05) is 12.7 Å². The maximum atomic E-state index is 13.2. The normalized spacial score (nSPS) is 11.9. The van der Waals surface area contributed by atoms with Crippen LogP contribution >= 0.6 is 35.0 Å². The molecule has 0 aliphatic heterocycles. The average Bonchev–Trinajstić information content (AvgIpc) is 3.13. The maximum Gasteiger partial charge on any atom is 0.234 e. The Bertz CT molecular complexity index is 1050. The Balaban J connectivity index is 1.66. The van der Waals surface area contributed by atoms with Crippen LogP contribution in [0, 0.1) is 5.82 Å². The number of halogens is 3. The van der Waals surface area contributed by atoms with E-state index >= 15 is 0 Å². The van der Waals surface area contributed by atoms with E-state index < -0.39 is 11.9 Å². The van der Waals surface area contributed by atoms with Crippen LogP contribution in [0.15, 0.2) is 41.7 Å². The van der Waals surface area contributed by atoms with Gasteiger partial charge in [-0.05, 0) is 44.2 Å². The van der Waals surface area contributed by atoms with Gasteiger partial charge in [0.1, 0.15) is 11.6 Å². The number of rotatable bonds is 8. The number of aromatic nitrogens is 4. The highest BCUT2D eigenvalue weighted by Crippen LogP contribution is 2.30. The minimum atomic E-state index is -0.488. The number of nitrogens with one attached hydrogen (secondary N) is 1. The Morgan fingerprint density at radius 1 is 1.33 bits per heavy atom. The molecule has 3 rings (SSSR count). The molecule has 11 heteroatoms. The summed E-state index contributed by atoms with van der Waals surface area (Å²) in [7, 11) is 0. The number of thioether (sulfide) groups is 1. The lowest BCUT2D eigenvalue weighted by molar-refractivity contribution is -0.113. The fraction of sp³-hybridized carbons (Fsp3) is 0.263. The number of pyridine rings is 1. The van der Waals surface area contributed by atoms with Crippen LogP contribution in [0.3, 0.4) is 0 Å². The largest absolute Gasteiger partial charge is 0.481 e. The number of nitrogens with zero attached hydrogens (tertiary/aromatic N) is 4. The second-order valence-electron chi connectivity index (χ2n) is 6.10. The summed E-state index contributed by atoms with van der Waals surface area (Å²) >= 11 is 13.2. The van der Waals surface area contributed by atoms with Crippen molar-refractivity contribution in [2.24, 2.45) is 0 Å². The first kappa shape index (κ1) is 22.3. The standard InChI is InChI=1S/C19H18Cl2FN5O2S/c1-3-27-18(11(2)29-15-7-6-12(22)9-13(15)20)25-26-19(27)30-10-16(28)24-14-5-4-8-23-17(14)21/h4-9,11H,3,10H2,1-2H3,(H,24,28). The molecule has 2 aromatic heterocycles. The number of carbonyl (C=O) groups is 1. The van der Waals surface area contributed by atoms with E-state index in [0.29, 0.717) is 29.0 Å². The monoisotopic (exact) mass is 469 g/mol.